The molecule has 0 aliphatic heterocycles. The summed E-state index contributed by atoms with van der Waals surface area (Å²) in [7, 11) is 0. The minimum absolute atomic E-state index is 0.0178. The lowest BCUT2D eigenvalue weighted by Gasteiger charge is -2.19. The molecule has 0 saturated heterocycles. The molecule has 2 N–H and O–H groups in total. The van der Waals surface area contributed by atoms with Gasteiger partial charge in [-0.05, 0) is 31.9 Å². The van der Waals surface area contributed by atoms with Crippen LogP contribution in [-0.4, -0.2) is 28.9 Å². The summed E-state index contributed by atoms with van der Waals surface area (Å²) in [5, 5.41) is 0.920. The van der Waals surface area contributed by atoms with Crippen molar-refractivity contribution in [1.82, 2.24) is 9.88 Å². The van der Waals surface area contributed by atoms with E-state index >= 15 is 0 Å². The maximum atomic E-state index is 12.5. The number of nitrogens with two attached hydrogens (primary N) is 1. The Kier molecular flexibility index (Phi) is 4.04. The molecule has 0 atom stereocenters. The summed E-state index contributed by atoms with van der Waals surface area (Å²) in [4.78, 5) is 20.1. The summed E-state index contributed by atoms with van der Waals surface area (Å²) in [6, 6.07) is 1.92. The largest absolute Gasteiger partial charge is 0.397 e. The number of anilines is 1. The lowest BCUT2D eigenvalue weighted by atomic mass is 10.1. The summed E-state index contributed by atoms with van der Waals surface area (Å²) in [6.45, 7) is 7.50. The Morgan fingerprint density at radius 3 is 2.79 bits per heavy atom. The first-order valence-electron chi connectivity index (χ1n) is 6.53. The fourth-order valence-electron chi connectivity index (χ4n) is 2.18. The first-order chi connectivity index (χ1) is 9.10. The van der Waals surface area contributed by atoms with Gasteiger partial charge in [0.15, 0.2) is 0 Å². The number of rotatable bonds is 4. The standard InChI is InChI=1S/C14H19N3OS/c1-4-8-17(5-2)14(18)12-11(15)10-9(3)6-7-16-13(10)19-12/h6-7H,4-5,8,15H2,1-3H3. The second-order valence-electron chi connectivity index (χ2n) is 4.54. The molecule has 0 unspecified atom stereocenters. The number of fused-ring (bicyclic) bond motifs is 1. The third-order valence-electron chi connectivity index (χ3n) is 3.19. The normalized spacial score (nSPS) is 10.9. The van der Waals surface area contributed by atoms with Crippen molar-refractivity contribution >= 4 is 33.1 Å². The number of thiophene rings is 1. The summed E-state index contributed by atoms with van der Waals surface area (Å²) >= 11 is 1.39. The molecule has 5 heteroatoms. The highest BCUT2D eigenvalue weighted by Gasteiger charge is 2.21. The van der Waals surface area contributed by atoms with Gasteiger partial charge < -0.3 is 10.6 Å². The molecule has 0 aromatic carbocycles. The number of carbonyl (C=O) groups is 1. The number of aromatic nitrogens is 1. The van der Waals surface area contributed by atoms with Crippen LogP contribution in [0.15, 0.2) is 12.3 Å². The van der Waals surface area contributed by atoms with Gasteiger partial charge in [0.25, 0.3) is 5.91 Å². The predicted molar refractivity (Wildman–Crippen MR) is 80.6 cm³/mol. The van der Waals surface area contributed by atoms with Gasteiger partial charge in [0.1, 0.15) is 9.71 Å². The molecule has 0 saturated carbocycles. The number of hydrogen-bond donors (Lipinski definition) is 1. The molecule has 102 valence electrons. The number of hydrogen-bond acceptors (Lipinski definition) is 4. The van der Waals surface area contributed by atoms with Crippen LogP contribution < -0.4 is 5.73 Å². The molecule has 0 aliphatic rings. The number of amides is 1. The second-order valence-corrected chi connectivity index (χ2v) is 5.54. The van der Waals surface area contributed by atoms with Gasteiger partial charge in [0.2, 0.25) is 0 Å². The molecule has 2 heterocycles. The van der Waals surface area contributed by atoms with Crippen molar-refractivity contribution in [2.24, 2.45) is 0 Å². The molecule has 0 aliphatic carbocycles. The van der Waals surface area contributed by atoms with Crippen LogP contribution in [0.1, 0.15) is 35.5 Å². The lowest BCUT2D eigenvalue weighted by Crippen LogP contribution is -2.31. The lowest BCUT2D eigenvalue weighted by molar-refractivity contribution is 0.0770. The molecule has 0 spiro atoms. The molecule has 0 radical (unpaired) electrons. The summed E-state index contributed by atoms with van der Waals surface area (Å²) in [5.74, 6) is 0.0178. The molecule has 2 rings (SSSR count). The van der Waals surface area contributed by atoms with E-state index in [1.165, 1.54) is 11.3 Å². The average molecular weight is 277 g/mol. The first-order valence-corrected chi connectivity index (χ1v) is 7.34. The highest BCUT2D eigenvalue weighted by atomic mass is 32.1. The van der Waals surface area contributed by atoms with Crippen molar-refractivity contribution in [1.29, 1.82) is 0 Å². The van der Waals surface area contributed by atoms with Gasteiger partial charge >= 0.3 is 0 Å². The van der Waals surface area contributed by atoms with Crippen LogP contribution in [0.25, 0.3) is 10.2 Å². The Morgan fingerprint density at radius 1 is 1.47 bits per heavy atom. The zero-order valence-corrected chi connectivity index (χ0v) is 12.4. The number of pyridine rings is 1. The van der Waals surface area contributed by atoms with Crippen molar-refractivity contribution in [2.75, 3.05) is 18.8 Å². The molecule has 0 bridgehead atoms. The summed E-state index contributed by atoms with van der Waals surface area (Å²) in [6.07, 6.45) is 2.70. The Morgan fingerprint density at radius 2 is 2.21 bits per heavy atom. The van der Waals surface area contributed by atoms with Crippen LogP contribution in [0.2, 0.25) is 0 Å². The van der Waals surface area contributed by atoms with E-state index in [1.807, 2.05) is 24.8 Å². The van der Waals surface area contributed by atoms with Gasteiger partial charge in [-0.2, -0.15) is 0 Å². The molecule has 1 amide bonds. The summed E-state index contributed by atoms with van der Waals surface area (Å²) < 4.78 is 0. The highest BCUT2D eigenvalue weighted by molar-refractivity contribution is 7.21. The van der Waals surface area contributed by atoms with Crippen molar-refractivity contribution in [3.05, 3.63) is 22.7 Å². The van der Waals surface area contributed by atoms with Gasteiger partial charge in [0, 0.05) is 24.7 Å². The van der Waals surface area contributed by atoms with Gasteiger partial charge in [-0.3, -0.25) is 4.79 Å². The van der Waals surface area contributed by atoms with E-state index in [9.17, 15) is 4.79 Å². The molecule has 2 aromatic heterocycles. The fourth-order valence-corrected chi connectivity index (χ4v) is 3.29. The zero-order valence-electron chi connectivity index (χ0n) is 11.6. The Bertz CT molecular complexity index is 606. The van der Waals surface area contributed by atoms with E-state index < -0.39 is 0 Å². The van der Waals surface area contributed by atoms with Gasteiger partial charge in [-0.1, -0.05) is 6.92 Å². The monoisotopic (exact) mass is 277 g/mol. The predicted octanol–water partition coefficient (Wildman–Crippen LogP) is 3.06. The van der Waals surface area contributed by atoms with E-state index in [4.69, 9.17) is 5.73 Å². The van der Waals surface area contributed by atoms with Crippen LogP contribution in [0.5, 0.6) is 0 Å². The van der Waals surface area contributed by atoms with Crippen LogP contribution in [-0.2, 0) is 0 Å². The van der Waals surface area contributed by atoms with Crippen LogP contribution >= 0.6 is 11.3 Å². The third-order valence-corrected chi connectivity index (χ3v) is 4.30. The van der Waals surface area contributed by atoms with E-state index in [0.717, 1.165) is 28.7 Å². The quantitative estimate of drug-likeness (QED) is 0.934. The Labute approximate surface area is 117 Å². The average Bonchev–Trinajstić information content (AvgIpc) is 2.74. The van der Waals surface area contributed by atoms with Crippen molar-refractivity contribution < 1.29 is 4.79 Å². The number of nitrogens with zero attached hydrogens (tertiary/aromatic N) is 2. The maximum Gasteiger partial charge on any atom is 0.266 e. The molecular weight excluding hydrogens is 258 g/mol. The maximum absolute atomic E-state index is 12.5. The number of aryl methyl sites for hydroxylation is 1. The SMILES string of the molecule is CCCN(CC)C(=O)c1sc2nccc(C)c2c1N. The van der Waals surface area contributed by atoms with Crippen molar-refractivity contribution in [3.63, 3.8) is 0 Å². The van der Waals surface area contributed by atoms with Crippen LogP contribution in [0.4, 0.5) is 5.69 Å². The van der Waals surface area contributed by atoms with E-state index in [0.29, 0.717) is 17.1 Å². The first kappa shape index (κ1) is 13.8. The smallest absolute Gasteiger partial charge is 0.266 e. The topological polar surface area (TPSA) is 59.2 Å². The van der Waals surface area contributed by atoms with Gasteiger partial charge in [0.05, 0.1) is 5.69 Å². The molecule has 19 heavy (non-hydrogen) atoms. The molecule has 0 fully saturated rings. The van der Waals surface area contributed by atoms with Crippen molar-refractivity contribution in [3.8, 4) is 0 Å². The number of carbonyl (C=O) groups excluding carboxylic acids is 1. The fraction of sp³-hybridized carbons (Fsp3) is 0.429. The minimum atomic E-state index is 0.0178. The van der Waals surface area contributed by atoms with Crippen LogP contribution in [0, 0.1) is 6.92 Å². The van der Waals surface area contributed by atoms with E-state index in [-0.39, 0.29) is 5.91 Å². The number of nitrogen functional groups attached to an aromatic ring is 1. The van der Waals surface area contributed by atoms with E-state index in [2.05, 4.69) is 11.9 Å². The second kappa shape index (κ2) is 5.57. The molecule has 4 nitrogen and oxygen atoms in total. The zero-order chi connectivity index (χ0) is 14.0. The molecule has 2 aromatic rings. The van der Waals surface area contributed by atoms with E-state index in [1.54, 1.807) is 6.20 Å². The molecular formula is C14H19N3OS. The van der Waals surface area contributed by atoms with Gasteiger partial charge in [-0.25, -0.2) is 4.98 Å². The third kappa shape index (κ3) is 2.42. The highest BCUT2D eigenvalue weighted by Crippen LogP contribution is 2.34. The van der Waals surface area contributed by atoms with Gasteiger partial charge in [-0.15, -0.1) is 11.3 Å². The Hall–Kier alpha value is -1.62. The van der Waals surface area contributed by atoms with Crippen molar-refractivity contribution in [2.45, 2.75) is 27.2 Å². The minimum Gasteiger partial charge on any atom is -0.397 e. The van der Waals surface area contributed by atoms with Crippen LogP contribution in [0.3, 0.4) is 0 Å². The Balaban J connectivity index is 2.48. The summed E-state index contributed by atoms with van der Waals surface area (Å²) in [5.41, 5.74) is 7.79.